The summed E-state index contributed by atoms with van der Waals surface area (Å²) >= 11 is 0. The fraction of sp³-hybridized carbons (Fsp3) is 0.141. The second-order valence-corrected chi connectivity index (χ2v) is 22.6. The maximum atomic E-state index is 15.6. The van der Waals surface area contributed by atoms with E-state index in [0.29, 0.717) is 47.5 Å². The van der Waals surface area contributed by atoms with Crippen molar-refractivity contribution >= 4 is 43.6 Å². The number of nitrogens with zero attached hydrogens (tertiary/aromatic N) is 3. The van der Waals surface area contributed by atoms with Crippen molar-refractivity contribution in [2.45, 2.75) is 64.0 Å². The van der Waals surface area contributed by atoms with E-state index in [1.165, 1.54) is 46.4 Å². The number of fused-ring (bicyclic) bond motifs is 6. The Morgan fingerprint density at radius 1 is 0.305 bits per heavy atom. The molecule has 0 fully saturated rings. The number of hydrogen-bond acceptors (Lipinski definition) is 1. The van der Waals surface area contributed by atoms with Gasteiger partial charge >= 0.3 is 43.2 Å². The molecule has 0 aliphatic heterocycles. The summed E-state index contributed by atoms with van der Waals surface area (Å²) in [7, 11) is 0. The number of benzene rings is 10. The van der Waals surface area contributed by atoms with E-state index in [1.54, 1.807) is 37.3 Å². The van der Waals surface area contributed by atoms with Crippen molar-refractivity contribution in [2.75, 3.05) is 0 Å². The third-order valence-corrected chi connectivity index (χ3v) is 16.7. The minimum Gasteiger partial charge on any atom is -0.308 e. The molecule has 12 rings (SSSR count). The van der Waals surface area contributed by atoms with Crippen LogP contribution in [0.3, 0.4) is 0 Å². The first-order valence-corrected chi connectivity index (χ1v) is 28.1. The van der Waals surface area contributed by atoms with Crippen molar-refractivity contribution < 1.29 is 92.2 Å². The Morgan fingerprint density at radius 3 is 1.00 bits per heavy atom. The number of alkyl halides is 21. The summed E-state index contributed by atoms with van der Waals surface area (Å²) in [5.74, 6) is 0. The van der Waals surface area contributed by atoms with Crippen LogP contribution in [0.4, 0.5) is 92.2 Å². The lowest BCUT2D eigenvalue weighted by atomic mass is 9.91. The molecule has 0 aliphatic carbocycles. The summed E-state index contributed by atoms with van der Waals surface area (Å²) < 4.78 is 310. The number of hydrogen-bond donors (Lipinski definition) is 0. The van der Waals surface area contributed by atoms with Gasteiger partial charge in [-0.2, -0.15) is 97.5 Å². The summed E-state index contributed by atoms with van der Waals surface area (Å²) in [5, 5.41) is 11.7. The van der Waals surface area contributed by atoms with Crippen LogP contribution in [0.5, 0.6) is 0 Å². The third-order valence-electron chi connectivity index (χ3n) is 16.7. The van der Waals surface area contributed by atoms with Gasteiger partial charge < -0.3 is 9.13 Å². The molecule has 0 amide bonds. The van der Waals surface area contributed by atoms with Crippen LogP contribution in [0.15, 0.2) is 176 Å². The van der Waals surface area contributed by atoms with Gasteiger partial charge in [-0.3, -0.25) is 0 Å². The quantitative estimate of drug-likeness (QED) is 0.146. The highest BCUT2D eigenvalue weighted by molar-refractivity contribution is 6.14. The zero-order chi connectivity index (χ0) is 68.8. The molecule has 0 spiro atoms. The molecule has 0 atom stereocenters. The maximum Gasteiger partial charge on any atom is 0.417 e. The molecule has 0 radical (unpaired) electrons. The topological polar surface area (TPSA) is 33.6 Å². The molecule has 0 unspecified atom stereocenters. The molecular weight excluding hydrogens is 1290 g/mol. The summed E-state index contributed by atoms with van der Waals surface area (Å²) in [4.78, 5) is 0. The largest absolute Gasteiger partial charge is 0.417 e. The predicted octanol–water partition coefficient (Wildman–Crippen LogP) is 24.1. The number of nitriles is 1. The highest BCUT2D eigenvalue weighted by atomic mass is 19.4. The first kappa shape index (κ1) is 64.9. The van der Waals surface area contributed by atoms with Crippen molar-refractivity contribution in [1.82, 2.24) is 9.13 Å². The second kappa shape index (κ2) is 22.2. The first-order valence-electron chi connectivity index (χ1n) is 28.1. The second-order valence-electron chi connectivity index (χ2n) is 22.6. The van der Waals surface area contributed by atoms with Crippen LogP contribution >= 0.6 is 0 Å². The molecule has 12 aromatic rings. The summed E-state index contributed by atoms with van der Waals surface area (Å²) in [6, 6.07) is 30.4. The number of halogens is 21. The van der Waals surface area contributed by atoms with E-state index < -0.39 is 132 Å². The zero-order valence-corrected chi connectivity index (χ0v) is 48.5. The van der Waals surface area contributed by atoms with Gasteiger partial charge in [0.05, 0.1) is 72.4 Å². The maximum absolute atomic E-state index is 15.6. The Hall–Kier alpha value is -10.2. The molecule has 10 aromatic carbocycles. The van der Waals surface area contributed by atoms with Crippen LogP contribution in [0, 0.1) is 32.1 Å². The average Bonchev–Trinajstić information content (AvgIpc) is 1.58. The van der Waals surface area contributed by atoms with Gasteiger partial charge in [0.2, 0.25) is 0 Å². The Labute approximate surface area is 522 Å². The van der Waals surface area contributed by atoms with E-state index in [1.807, 2.05) is 13.0 Å². The van der Waals surface area contributed by atoms with Crippen LogP contribution in [-0.4, -0.2) is 9.13 Å². The SMILES string of the molecule is Cc1ccc(-c2ccc3c(c2)c2cc(-c4ccc(C(F)(F)F)cc4C(F)(F)F)ccc2n3-c2ccc(-c3c(C)cccc3C(F)(F)F)c(-n3c4ccc(-c5ccc(C(F)(F)F)cc5C(F)(F)F)cc4c4cc(-c5ccc(C(F)(F)F)cc5C(F)(F)F)ccc43)c2C#N)c(C)c1. The highest BCUT2D eigenvalue weighted by Gasteiger charge is 2.43. The van der Waals surface area contributed by atoms with Gasteiger partial charge in [0, 0.05) is 27.1 Å². The molecule has 0 N–H and O–H groups in total. The fourth-order valence-electron chi connectivity index (χ4n) is 12.5. The Balaban J connectivity index is 1.23. The number of aryl methyl sites for hydroxylation is 3. The summed E-state index contributed by atoms with van der Waals surface area (Å²) in [5.41, 5.74) is -14.8. The first-order chi connectivity index (χ1) is 44.2. The van der Waals surface area contributed by atoms with Gasteiger partial charge in [0.15, 0.2) is 0 Å². The minimum absolute atomic E-state index is 0.0404. The monoisotopic (exact) mass is 1330 g/mol. The average molecular weight is 1330 g/mol. The lowest BCUT2D eigenvalue weighted by molar-refractivity contribution is -0.144. The molecule has 0 bridgehead atoms. The Bertz CT molecular complexity index is 5060. The van der Waals surface area contributed by atoms with Crippen molar-refractivity contribution in [2.24, 2.45) is 0 Å². The van der Waals surface area contributed by atoms with Crippen LogP contribution in [0.1, 0.15) is 61.2 Å². The van der Waals surface area contributed by atoms with E-state index in [0.717, 1.165) is 65.7 Å². The number of aromatic nitrogens is 2. The predicted molar refractivity (Wildman–Crippen MR) is 316 cm³/mol. The summed E-state index contributed by atoms with van der Waals surface area (Å²) in [6.45, 7) is 4.93. The van der Waals surface area contributed by atoms with E-state index >= 15 is 13.2 Å². The van der Waals surface area contributed by atoms with Gasteiger partial charge in [-0.05, 0) is 179 Å². The minimum atomic E-state index is -5.49. The van der Waals surface area contributed by atoms with Gasteiger partial charge in [0.25, 0.3) is 0 Å². The molecule has 484 valence electrons. The molecular formula is C71H38F21N3. The fourth-order valence-corrected chi connectivity index (χ4v) is 12.5. The number of rotatable bonds is 7. The van der Waals surface area contributed by atoms with E-state index in [9.17, 15) is 84.3 Å². The van der Waals surface area contributed by atoms with Crippen molar-refractivity contribution in [1.29, 1.82) is 5.26 Å². The highest BCUT2D eigenvalue weighted by Crippen LogP contribution is 2.51. The Morgan fingerprint density at radius 2 is 0.653 bits per heavy atom. The lowest BCUT2D eigenvalue weighted by Crippen LogP contribution is -2.12. The van der Waals surface area contributed by atoms with E-state index in [-0.39, 0.29) is 78.6 Å². The van der Waals surface area contributed by atoms with Gasteiger partial charge in [-0.1, -0.05) is 84.4 Å². The third kappa shape index (κ3) is 11.5. The normalized spacial score (nSPS) is 13.0. The molecule has 3 nitrogen and oxygen atoms in total. The standard InChI is InChI=1S/C71H38F21N3/c1-34-7-15-44(36(3)25-34)37-8-20-58-49(26-37)50-27-38(45-16-12-41(65(72,73)74)30-55(45)69(84,85)86)9-21-59(50)94(58)62-24-19-48(63-35(2)5-4-6-54(63)68(81,82)83)64(53(62)33-93)95-60-22-10-39(46-17-13-42(66(75,76)77)31-56(46)70(87,88)89)28-51(60)52-29-40(11-23-61(52)95)47-18-14-43(67(78,79)80)32-57(47)71(90,91)92/h4-32H,1-3H3. The van der Waals surface area contributed by atoms with Crippen LogP contribution < -0.4 is 0 Å². The van der Waals surface area contributed by atoms with Crippen LogP contribution in [-0.2, 0) is 43.2 Å². The molecule has 2 heterocycles. The molecule has 0 saturated heterocycles. The van der Waals surface area contributed by atoms with Crippen LogP contribution in [0.2, 0.25) is 0 Å². The smallest absolute Gasteiger partial charge is 0.308 e. The molecule has 95 heavy (non-hydrogen) atoms. The van der Waals surface area contributed by atoms with Crippen LogP contribution in [0.25, 0.3) is 111 Å². The molecule has 0 saturated carbocycles. The van der Waals surface area contributed by atoms with E-state index in [2.05, 4.69) is 6.07 Å². The van der Waals surface area contributed by atoms with Gasteiger partial charge in [-0.15, -0.1) is 0 Å². The molecule has 2 aromatic heterocycles. The lowest BCUT2D eigenvalue weighted by Gasteiger charge is -2.23. The summed E-state index contributed by atoms with van der Waals surface area (Å²) in [6.07, 6.45) is -37.3. The van der Waals surface area contributed by atoms with Gasteiger partial charge in [0.1, 0.15) is 11.6 Å². The van der Waals surface area contributed by atoms with E-state index in [4.69, 9.17) is 0 Å². The van der Waals surface area contributed by atoms with Crippen molar-refractivity contribution in [3.05, 3.63) is 237 Å². The van der Waals surface area contributed by atoms with Crippen molar-refractivity contribution in [3.8, 4) is 73.1 Å². The molecule has 0 aliphatic rings. The zero-order valence-electron chi connectivity index (χ0n) is 48.5. The Kier molecular flexibility index (Phi) is 15.2. The van der Waals surface area contributed by atoms with Gasteiger partial charge in [-0.25, -0.2) is 0 Å². The molecule has 24 heteroatoms. The van der Waals surface area contributed by atoms with Crippen molar-refractivity contribution in [3.63, 3.8) is 0 Å².